The van der Waals surface area contributed by atoms with Crippen molar-refractivity contribution < 1.29 is 27.1 Å². The molecule has 1 atom stereocenters. The van der Waals surface area contributed by atoms with Gasteiger partial charge in [0.25, 0.3) is 5.56 Å². The summed E-state index contributed by atoms with van der Waals surface area (Å²) in [5.41, 5.74) is -2.73. The number of alkyl halides is 3. The first kappa shape index (κ1) is 20.6. The van der Waals surface area contributed by atoms with E-state index in [1.807, 2.05) is 0 Å². The van der Waals surface area contributed by atoms with Crippen LogP contribution >= 0.6 is 11.6 Å². The number of hydrogen-bond acceptors (Lipinski definition) is 5. The minimum atomic E-state index is -4.82. The van der Waals surface area contributed by atoms with Crippen LogP contribution in [0.4, 0.5) is 23.2 Å². The van der Waals surface area contributed by atoms with Gasteiger partial charge in [-0.3, -0.25) is 9.20 Å². The first-order chi connectivity index (χ1) is 13.5. The molecule has 2 heterocycles. The lowest BCUT2D eigenvalue weighted by Crippen LogP contribution is -2.28. The summed E-state index contributed by atoms with van der Waals surface area (Å²) in [4.78, 5) is 27.8. The highest BCUT2D eigenvalue weighted by Gasteiger charge is 2.35. The molecule has 12 heteroatoms. The van der Waals surface area contributed by atoms with Gasteiger partial charge in [-0.15, -0.1) is 0 Å². The molecule has 0 fully saturated rings. The van der Waals surface area contributed by atoms with Gasteiger partial charge in [0.15, 0.2) is 0 Å². The van der Waals surface area contributed by atoms with Gasteiger partial charge in [0.2, 0.25) is 5.78 Å². The number of nitrogens with one attached hydrogen (secondary N) is 1. The Morgan fingerprint density at radius 2 is 2.00 bits per heavy atom. The summed E-state index contributed by atoms with van der Waals surface area (Å²) in [6.45, 7) is 1.46. The zero-order valence-corrected chi connectivity index (χ0v) is 15.7. The fourth-order valence-electron chi connectivity index (χ4n) is 2.73. The van der Waals surface area contributed by atoms with Crippen molar-refractivity contribution in [3.63, 3.8) is 0 Å². The van der Waals surface area contributed by atoms with E-state index in [1.165, 1.54) is 14.0 Å². The number of imidazole rings is 1. The molecule has 1 aromatic carbocycles. The van der Waals surface area contributed by atoms with E-state index in [1.54, 1.807) is 0 Å². The third-order valence-corrected chi connectivity index (χ3v) is 4.37. The first-order valence-electron chi connectivity index (χ1n) is 8.04. The van der Waals surface area contributed by atoms with E-state index < -0.39 is 46.7 Å². The molecule has 0 aliphatic rings. The van der Waals surface area contributed by atoms with Crippen LogP contribution in [0.15, 0.2) is 35.4 Å². The number of nitrogens with zero attached hydrogens (tertiary/aromatic N) is 3. The van der Waals surface area contributed by atoms with Crippen LogP contribution in [0.25, 0.3) is 11.5 Å². The Hall–Kier alpha value is -3.08. The number of benzene rings is 1. The molecule has 1 N–H and O–H groups in total. The summed E-state index contributed by atoms with van der Waals surface area (Å²) >= 11 is 5.99. The summed E-state index contributed by atoms with van der Waals surface area (Å²) < 4.78 is 60.1. The van der Waals surface area contributed by atoms with E-state index in [9.17, 15) is 27.2 Å². The highest BCUT2D eigenvalue weighted by atomic mass is 35.5. The number of anilines is 1. The van der Waals surface area contributed by atoms with Crippen LogP contribution in [0.5, 0.6) is 0 Å². The molecule has 0 radical (unpaired) electrons. The van der Waals surface area contributed by atoms with E-state index in [2.05, 4.69) is 15.0 Å². The van der Waals surface area contributed by atoms with Crippen LogP contribution in [-0.4, -0.2) is 33.1 Å². The van der Waals surface area contributed by atoms with Gasteiger partial charge in [0.1, 0.15) is 17.6 Å². The lowest BCUT2D eigenvalue weighted by molar-refractivity contribution is -0.142. The van der Waals surface area contributed by atoms with E-state index in [0.717, 1.165) is 24.5 Å². The molecule has 0 amide bonds. The lowest BCUT2D eigenvalue weighted by Gasteiger charge is -2.17. The second kappa shape index (κ2) is 7.39. The average Bonchev–Trinajstić information content (AvgIpc) is 3.11. The van der Waals surface area contributed by atoms with E-state index in [-0.39, 0.29) is 10.7 Å². The number of fused-ring (bicyclic) bond motifs is 1. The highest BCUT2D eigenvalue weighted by molar-refractivity contribution is 6.33. The standard InChI is InChI=1S/C17H13ClF4N4O3/c1-8(15(28)29-2)24-11-6-12(10(19)5-9(11)18)26-14(27)7-13(17(20,21)22)25-4-3-23-16(25)26/h3-8,24H,1-2H3. The van der Waals surface area contributed by atoms with Crippen LogP contribution in [0.2, 0.25) is 5.02 Å². The topological polar surface area (TPSA) is 77.6 Å². The van der Waals surface area contributed by atoms with Gasteiger partial charge in [-0.2, -0.15) is 13.2 Å². The van der Waals surface area contributed by atoms with Gasteiger partial charge in [-0.1, -0.05) is 11.6 Å². The first-order valence-corrected chi connectivity index (χ1v) is 8.42. The predicted octanol–water partition coefficient (Wildman–Crippen LogP) is 3.27. The molecule has 1 unspecified atom stereocenters. The van der Waals surface area contributed by atoms with Crippen LogP contribution in [0, 0.1) is 5.82 Å². The zero-order valence-electron chi connectivity index (χ0n) is 14.9. The maximum Gasteiger partial charge on any atom is 0.432 e. The van der Waals surface area contributed by atoms with Gasteiger partial charge in [-0.25, -0.2) is 18.7 Å². The fraction of sp³-hybridized carbons (Fsp3) is 0.235. The van der Waals surface area contributed by atoms with Gasteiger partial charge in [0.05, 0.1) is 23.5 Å². The summed E-state index contributed by atoms with van der Waals surface area (Å²) in [7, 11) is 1.18. The second-order valence-corrected chi connectivity index (χ2v) is 6.38. The van der Waals surface area contributed by atoms with Gasteiger partial charge in [-0.05, 0) is 19.1 Å². The molecule has 154 valence electrons. The number of esters is 1. The normalized spacial score (nSPS) is 12.8. The van der Waals surface area contributed by atoms with E-state index >= 15 is 0 Å². The largest absolute Gasteiger partial charge is 0.467 e. The SMILES string of the molecule is COC(=O)C(C)Nc1cc(-n2c(=O)cc(C(F)(F)F)n3ccnc23)c(F)cc1Cl. The molecule has 0 saturated carbocycles. The third-order valence-electron chi connectivity index (χ3n) is 4.06. The fourth-order valence-corrected chi connectivity index (χ4v) is 2.94. The Kier molecular flexibility index (Phi) is 5.26. The Morgan fingerprint density at radius 1 is 1.31 bits per heavy atom. The molecular weight excluding hydrogens is 420 g/mol. The Labute approximate surface area is 165 Å². The molecule has 3 rings (SSSR count). The van der Waals surface area contributed by atoms with Gasteiger partial charge in [0, 0.05) is 18.5 Å². The van der Waals surface area contributed by atoms with Crippen molar-refractivity contribution in [3.05, 3.63) is 57.5 Å². The number of carbonyl (C=O) groups excluding carboxylic acids is 1. The van der Waals surface area contributed by atoms with Crippen molar-refractivity contribution in [2.24, 2.45) is 0 Å². The van der Waals surface area contributed by atoms with Crippen molar-refractivity contribution in [2.75, 3.05) is 12.4 Å². The molecule has 0 bridgehead atoms. The number of hydrogen-bond donors (Lipinski definition) is 1. The third kappa shape index (κ3) is 3.77. The number of carbonyl (C=O) groups is 1. The van der Waals surface area contributed by atoms with Crippen LogP contribution in [0.3, 0.4) is 0 Å². The Bertz CT molecular complexity index is 1160. The summed E-state index contributed by atoms with van der Waals surface area (Å²) in [5.74, 6) is -2.05. The zero-order chi connectivity index (χ0) is 21.5. The molecular formula is C17H13ClF4N4O3. The van der Waals surface area contributed by atoms with Crippen LogP contribution in [0.1, 0.15) is 12.6 Å². The van der Waals surface area contributed by atoms with Crippen molar-refractivity contribution in [1.82, 2.24) is 14.0 Å². The predicted molar refractivity (Wildman–Crippen MR) is 95.9 cm³/mol. The molecule has 0 spiro atoms. The van der Waals surface area contributed by atoms with Crippen molar-refractivity contribution in [1.29, 1.82) is 0 Å². The number of rotatable bonds is 4. The summed E-state index contributed by atoms with van der Waals surface area (Å²) in [6.07, 6.45) is -2.77. The number of ether oxygens (including phenoxy) is 1. The lowest BCUT2D eigenvalue weighted by atomic mass is 10.2. The van der Waals surface area contributed by atoms with Gasteiger partial charge >= 0.3 is 12.1 Å². The maximum atomic E-state index is 14.6. The monoisotopic (exact) mass is 432 g/mol. The van der Waals surface area contributed by atoms with Crippen molar-refractivity contribution in [2.45, 2.75) is 19.1 Å². The molecule has 3 aromatic rings. The molecule has 29 heavy (non-hydrogen) atoms. The summed E-state index contributed by atoms with van der Waals surface area (Å²) in [6, 6.07) is 1.44. The number of halogens is 5. The minimum absolute atomic E-state index is 0.0671. The maximum absolute atomic E-state index is 14.6. The van der Waals surface area contributed by atoms with Crippen molar-refractivity contribution in [3.8, 4) is 5.69 Å². The number of aromatic nitrogens is 3. The molecule has 0 saturated heterocycles. The molecule has 0 aliphatic carbocycles. The van der Waals surface area contributed by atoms with E-state index in [4.69, 9.17) is 11.6 Å². The smallest absolute Gasteiger partial charge is 0.432 e. The molecule has 2 aromatic heterocycles. The molecule has 7 nitrogen and oxygen atoms in total. The van der Waals surface area contributed by atoms with Crippen molar-refractivity contribution >= 4 is 29.0 Å². The van der Waals surface area contributed by atoms with Gasteiger partial charge < -0.3 is 10.1 Å². The van der Waals surface area contributed by atoms with E-state index in [0.29, 0.717) is 15.0 Å². The Balaban J connectivity index is 2.22. The van der Waals surface area contributed by atoms with Crippen LogP contribution < -0.4 is 10.9 Å². The minimum Gasteiger partial charge on any atom is -0.467 e. The quantitative estimate of drug-likeness (QED) is 0.506. The number of methoxy groups -OCH3 is 1. The average molecular weight is 433 g/mol. The van der Waals surface area contributed by atoms with Crippen LogP contribution in [-0.2, 0) is 15.7 Å². The second-order valence-electron chi connectivity index (χ2n) is 5.97. The summed E-state index contributed by atoms with van der Waals surface area (Å²) in [5, 5.41) is 2.59. The molecule has 0 aliphatic heterocycles. The Morgan fingerprint density at radius 3 is 2.62 bits per heavy atom. The highest BCUT2D eigenvalue weighted by Crippen LogP contribution is 2.31.